The number of rotatable bonds is 2. The highest BCUT2D eigenvalue weighted by Crippen LogP contribution is 2.29. The second-order valence-electron chi connectivity index (χ2n) is 8.32. The number of carbonyl (C=O) groups excluding carboxylic acids is 1. The van der Waals surface area contributed by atoms with E-state index < -0.39 is 5.60 Å². The van der Waals surface area contributed by atoms with Crippen molar-refractivity contribution in [1.82, 2.24) is 24.4 Å². The number of amides is 1. The van der Waals surface area contributed by atoms with Gasteiger partial charge in [-0.2, -0.15) is 0 Å². The van der Waals surface area contributed by atoms with E-state index >= 15 is 0 Å². The lowest BCUT2D eigenvalue weighted by Crippen LogP contribution is -2.43. The van der Waals surface area contributed by atoms with Gasteiger partial charge in [0.25, 0.3) is 5.56 Å². The monoisotopic (exact) mass is 398 g/mol. The van der Waals surface area contributed by atoms with Crippen LogP contribution in [0.3, 0.4) is 0 Å². The molecular weight excluding hydrogens is 372 g/mol. The molecule has 29 heavy (non-hydrogen) atoms. The molecule has 9 heteroatoms. The first-order valence-electron chi connectivity index (χ1n) is 9.82. The number of hydrogen-bond acceptors (Lipinski definition) is 6. The Labute approximate surface area is 168 Å². The van der Waals surface area contributed by atoms with E-state index in [-0.39, 0.29) is 17.7 Å². The molecule has 1 fully saturated rings. The van der Waals surface area contributed by atoms with Crippen molar-refractivity contribution in [3.63, 3.8) is 0 Å². The predicted octanol–water partition coefficient (Wildman–Crippen LogP) is 2.89. The summed E-state index contributed by atoms with van der Waals surface area (Å²) in [4.78, 5) is 39.2. The van der Waals surface area contributed by atoms with Crippen molar-refractivity contribution in [2.24, 2.45) is 0 Å². The predicted molar refractivity (Wildman–Crippen MR) is 111 cm³/mol. The number of aromatic amines is 1. The number of fused-ring (bicyclic) bond motifs is 3. The molecule has 0 bridgehead atoms. The fourth-order valence-electron chi connectivity index (χ4n) is 3.85. The van der Waals surface area contributed by atoms with Gasteiger partial charge in [-0.1, -0.05) is 0 Å². The van der Waals surface area contributed by atoms with Crippen LogP contribution in [0.1, 0.15) is 39.7 Å². The lowest BCUT2D eigenvalue weighted by atomic mass is 10.0. The third kappa shape index (κ3) is 3.52. The van der Waals surface area contributed by atoms with Crippen LogP contribution >= 0.6 is 0 Å². The first-order chi connectivity index (χ1) is 13.8. The minimum Gasteiger partial charge on any atom is -0.444 e. The maximum Gasteiger partial charge on any atom is 0.410 e. The van der Waals surface area contributed by atoms with Crippen LogP contribution in [0.15, 0.2) is 23.3 Å². The van der Waals surface area contributed by atoms with Crippen molar-refractivity contribution in [3.8, 4) is 0 Å². The number of pyridine rings is 1. The van der Waals surface area contributed by atoms with Gasteiger partial charge in [-0.05, 0) is 39.7 Å². The number of piperidine rings is 1. The van der Waals surface area contributed by atoms with E-state index in [2.05, 4.69) is 20.3 Å². The zero-order chi connectivity index (χ0) is 20.8. The number of nitrogens with zero attached hydrogens (tertiary/aromatic N) is 4. The minimum atomic E-state index is -0.527. The normalized spacial score (nSPS) is 15.8. The van der Waals surface area contributed by atoms with E-state index in [1.54, 1.807) is 18.1 Å². The summed E-state index contributed by atoms with van der Waals surface area (Å²) in [6, 6.07) is 1.87. The number of nitrogens with one attached hydrogen (secondary N) is 2. The zero-order valence-corrected chi connectivity index (χ0v) is 17.2. The summed E-state index contributed by atoms with van der Waals surface area (Å²) in [5.41, 5.74) is 1.47. The Balaban J connectivity index is 1.71. The standard InChI is InChI=1S/C20H26N6O3/c1-20(2,3)29-19(28)25-9-6-12(7-10-25)26-15-13-5-8-22-16(13)23-11-14(15)24-17(21-4)18(26)27/h5,8,11-12H,6-7,9-10H2,1-4H3,(H,21,24)(H,22,23). The van der Waals surface area contributed by atoms with Crippen molar-refractivity contribution in [3.05, 3.63) is 28.8 Å². The molecule has 4 heterocycles. The average Bonchev–Trinajstić information content (AvgIpc) is 3.15. The molecule has 3 aromatic rings. The highest BCUT2D eigenvalue weighted by Gasteiger charge is 2.29. The summed E-state index contributed by atoms with van der Waals surface area (Å²) in [5.74, 6) is 0.295. The Morgan fingerprint density at radius 2 is 2.03 bits per heavy atom. The summed E-state index contributed by atoms with van der Waals surface area (Å²) < 4.78 is 7.30. The molecule has 0 atom stereocenters. The zero-order valence-electron chi connectivity index (χ0n) is 17.2. The molecule has 0 radical (unpaired) electrons. The van der Waals surface area contributed by atoms with Crippen molar-refractivity contribution in [2.75, 3.05) is 25.5 Å². The van der Waals surface area contributed by atoms with Gasteiger partial charge in [-0.25, -0.2) is 14.8 Å². The SMILES string of the molecule is CNc1nc2cnc3[nH]ccc3c2n(C2CCN(C(=O)OC(C)(C)C)CC2)c1=O. The van der Waals surface area contributed by atoms with Crippen molar-refractivity contribution >= 4 is 34.0 Å². The molecule has 1 aliphatic rings. The molecule has 0 spiro atoms. The van der Waals surface area contributed by atoms with Crippen LogP contribution in [-0.4, -0.2) is 56.3 Å². The number of carbonyl (C=O) groups is 1. The van der Waals surface area contributed by atoms with Gasteiger partial charge >= 0.3 is 6.09 Å². The number of anilines is 1. The number of aromatic nitrogens is 4. The number of likely N-dealkylation sites (tertiary alicyclic amines) is 1. The molecule has 0 aromatic carbocycles. The van der Waals surface area contributed by atoms with Crippen LogP contribution in [0.5, 0.6) is 0 Å². The van der Waals surface area contributed by atoms with Gasteiger partial charge in [0.05, 0.1) is 11.7 Å². The summed E-state index contributed by atoms with van der Waals surface area (Å²) >= 11 is 0. The molecule has 2 N–H and O–H groups in total. The van der Waals surface area contributed by atoms with Gasteiger partial charge in [0.15, 0.2) is 5.82 Å². The minimum absolute atomic E-state index is 0.0423. The van der Waals surface area contributed by atoms with Crippen molar-refractivity contribution in [2.45, 2.75) is 45.3 Å². The second-order valence-corrected chi connectivity index (χ2v) is 8.32. The molecule has 4 rings (SSSR count). The Hall–Kier alpha value is -3.10. The van der Waals surface area contributed by atoms with E-state index in [0.29, 0.717) is 37.3 Å². The van der Waals surface area contributed by atoms with E-state index in [1.807, 2.05) is 37.6 Å². The molecule has 0 aliphatic carbocycles. The Morgan fingerprint density at radius 3 is 2.69 bits per heavy atom. The van der Waals surface area contributed by atoms with Gasteiger partial charge in [-0.3, -0.25) is 9.36 Å². The van der Waals surface area contributed by atoms with Crippen LogP contribution in [0.2, 0.25) is 0 Å². The average molecular weight is 398 g/mol. The topological polar surface area (TPSA) is 105 Å². The number of ether oxygens (including phenoxy) is 1. The molecular formula is C20H26N6O3. The lowest BCUT2D eigenvalue weighted by molar-refractivity contribution is 0.0189. The summed E-state index contributed by atoms with van der Waals surface area (Å²) in [6.45, 7) is 6.64. The highest BCUT2D eigenvalue weighted by molar-refractivity contribution is 6.01. The van der Waals surface area contributed by atoms with E-state index in [9.17, 15) is 9.59 Å². The molecule has 0 unspecified atom stereocenters. The molecule has 154 valence electrons. The first-order valence-corrected chi connectivity index (χ1v) is 9.82. The second kappa shape index (κ2) is 7.06. The van der Waals surface area contributed by atoms with E-state index in [4.69, 9.17) is 4.74 Å². The van der Waals surface area contributed by atoms with E-state index in [0.717, 1.165) is 16.6 Å². The van der Waals surface area contributed by atoms with Gasteiger partial charge < -0.3 is 19.9 Å². The van der Waals surface area contributed by atoms with Crippen molar-refractivity contribution < 1.29 is 9.53 Å². The first kappa shape index (κ1) is 19.2. The van der Waals surface area contributed by atoms with Gasteiger partial charge in [0.2, 0.25) is 0 Å². The lowest BCUT2D eigenvalue weighted by Gasteiger charge is -2.34. The molecule has 9 nitrogen and oxygen atoms in total. The van der Waals surface area contributed by atoms with Gasteiger partial charge in [-0.15, -0.1) is 0 Å². The smallest absolute Gasteiger partial charge is 0.410 e. The third-order valence-corrected chi connectivity index (χ3v) is 5.15. The number of hydrogen-bond donors (Lipinski definition) is 2. The molecule has 1 aliphatic heterocycles. The van der Waals surface area contributed by atoms with Crippen LogP contribution in [-0.2, 0) is 4.74 Å². The highest BCUT2D eigenvalue weighted by atomic mass is 16.6. The van der Waals surface area contributed by atoms with Gasteiger partial charge in [0.1, 0.15) is 16.8 Å². The maximum atomic E-state index is 13.2. The summed E-state index contributed by atoms with van der Waals surface area (Å²) in [6.07, 6.45) is 4.51. The van der Waals surface area contributed by atoms with Crippen LogP contribution < -0.4 is 10.9 Å². The Morgan fingerprint density at radius 1 is 1.31 bits per heavy atom. The van der Waals surface area contributed by atoms with Crippen LogP contribution in [0.25, 0.3) is 22.1 Å². The third-order valence-electron chi connectivity index (χ3n) is 5.15. The van der Waals surface area contributed by atoms with E-state index in [1.165, 1.54) is 0 Å². The van der Waals surface area contributed by atoms with Crippen LogP contribution in [0.4, 0.5) is 10.6 Å². The molecule has 1 amide bonds. The fraction of sp³-hybridized carbons (Fsp3) is 0.500. The largest absolute Gasteiger partial charge is 0.444 e. The number of H-pyrrole nitrogens is 1. The molecule has 1 saturated heterocycles. The van der Waals surface area contributed by atoms with Crippen LogP contribution in [0, 0.1) is 0 Å². The summed E-state index contributed by atoms with van der Waals surface area (Å²) in [7, 11) is 1.69. The van der Waals surface area contributed by atoms with Crippen molar-refractivity contribution in [1.29, 1.82) is 0 Å². The Bertz CT molecular complexity index is 1120. The molecule has 3 aromatic heterocycles. The quantitative estimate of drug-likeness (QED) is 0.688. The molecule has 0 saturated carbocycles. The Kier molecular flexibility index (Phi) is 4.68. The maximum absolute atomic E-state index is 13.2. The van der Waals surface area contributed by atoms with Gasteiger partial charge in [0, 0.05) is 37.8 Å². The fourth-order valence-corrected chi connectivity index (χ4v) is 3.85. The summed E-state index contributed by atoms with van der Waals surface area (Å²) in [5, 5.41) is 3.76.